The number of benzene rings is 2. The van der Waals surface area contributed by atoms with Crippen molar-refractivity contribution in [1.82, 2.24) is 10.1 Å². The Balaban J connectivity index is 1.62. The summed E-state index contributed by atoms with van der Waals surface area (Å²) in [6, 6.07) is 9.70. The summed E-state index contributed by atoms with van der Waals surface area (Å²) in [7, 11) is 4.57. The van der Waals surface area contributed by atoms with Crippen LogP contribution in [0, 0.1) is 17.0 Å². The first-order valence-electron chi connectivity index (χ1n) is 11.8. The first-order chi connectivity index (χ1) is 17.8. The number of methoxy groups -OCH3 is 3. The Kier molecular flexibility index (Phi) is 7.92. The van der Waals surface area contributed by atoms with E-state index in [0.29, 0.717) is 53.0 Å². The van der Waals surface area contributed by atoms with Gasteiger partial charge in [-0.1, -0.05) is 11.2 Å². The van der Waals surface area contributed by atoms with Gasteiger partial charge < -0.3 is 28.4 Å². The highest BCUT2D eigenvalue weighted by atomic mass is 16.6. The van der Waals surface area contributed by atoms with Crippen molar-refractivity contribution < 1.29 is 33.2 Å². The van der Waals surface area contributed by atoms with Crippen LogP contribution in [0.25, 0.3) is 11.3 Å². The molecule has 1 amide bonds. The van der Waals surface area contributed by atoms with E-state index in [4.69, 9.17) is 23.5 Å². The van der Waals surface area contributed by atoms with Crippen molar-refractivity contribution in [2.45, 2.75) is 32.4 Å². The van der Waals surface area contributed by atoms with Crippen LogP contribution >= 0.6 is 0 Å². The zero-order valence-electron chi connectivity index (χ0n) is 21.2. The number of hydrogen-bond donors (Lipinski definition) is 0. The Bertz CT molecular complexity index is 1260. The second-order valence-corrected chi connectivity index (χ2v) is 8.68. The normalized spacial score (nSPS) is 14.9. The summed E-state index contributed by atoms with van der Waals surface area (Å²) in [6.45, 7) is 2.73. The number of hydrogen-bond acceptors (Lipinski definition) is 9. The number of aryl methyl sites for hydroxylation is 1. The molecule has 1 saturated heterocycles. The molecule has 0 saturated carbocycles. The number of aromatic nitrogens is 1. The van der Waals surface area contributed by atoms with E-state index in [-0.39, 0.29) is 29.8 Å². The van der Waals surface area contributed by atoms with Crippen LogP contribution in [0.3, 0.4) is 0 Å². The zero-order chi connectivity index (χ0) is 26.5. The van der Waals surface area contributed by atoms with Crippen molar-refractivity contribution in [2.24, 2.45) is 0 Å². The van der Waals surface area contributed by atoms with Gasteiger partial charge in [-0.3, -0.25) is 14.9 Å². The van der Waals surface area contributed by atoms with Crippen molar-refractivity contribution in [2.75, 3.05) is 34.5 Å². The predicted molar refractivity (Wildman–Crippen MR) is 133 cm³/mol. The Morgan fingerprint density at radius 3 is 2.46 bits per heavy atom. The summed E-state index contributed by atoms with van der Waals surface area (Å²) < 4.78 is 27.6. The fraction of sp³-hybridized carbons (Fsp3) is 0.385. The van der Waals surface area contributed by atoms with Gasteiger partial charge in [0, 0.05) is 42.0 Å². The number of rotatable bonds is 10. The molecule has 196 valence electrons. The molecule has 3 aromatic rings. The molecule has 37 heavy (non-hydrogen) atoms. The number of nitrogens with zero attached hydrogens (tertiary/aromatic N) is 3. The molecule has 1 atom stereocenters. The Labute approximate surface area is 214 Å². The number of nitro benzene ring substituents is 1. The molecule has 4 rings (SSSR count). The number of amides is 1. The van der Waals surface area contributed by atoms with E-state index < -0.39 is 4.92 Å². The second kappa shape index (κ2) is 11.3. The van der Waals surface area contributed by atoms with E-state index in [2.05, 4.69) is 5.16 Å². The monoisotopic (exact) mass is 511 g/mol. The lowest BCUT2D eigenvalue weighted by Crippen LogP contribution is -2.37. The molecule has 1 fully saturated rings. The molecule has 1 aromatic heterocycles. The molecule has 0 unspecified atom stereocenters. The maximum absolute atomic E-state index is 13.5. The third kappa shape index (κ3) is 5.67. The van der Waals surface area contributed by atoms with Gasteiger partial charge in [0.2, 0.25) is 5.75 Å². The molecule has 0 bridgehead atoms. The summed E-state index contributed by atoms with van der Waals surface area (Å²) in [4.78, 5) is 26.0. The van der Waals surface area contributed by atoms with Crippen LogP contribution in [-0.4, -0.2) is 61.5 Å². The highest BCUT2D eigenvalue weighted by Gasteiger charge is 2.26. The van der Waals surface area contributed by atoms with Crippen molar-refractivity contribution in [3.05, 3.63) is 63.3 Å². The van der Waals surface area contributed by atoms with Gasteiger partial charge in [0.1, 0.15) is 5.69 Å². The van der Waals surface area contributed by atoms with E-state index in [1.807, 2.05) is 0 Å². The van der Waals surface area contributed by atoms with Gasteiger partial charge in [-0.05, 0) is 38.0 Å². The smallest absolute Gasteiger partial charge is 0.273 e. The van der Waals surface area contributed by atoms with Crippen LogP contribution < -0.4 is 14.2 Å². The lowest BCUT2D eigenvalue weighted by molar-refractivity contribution is -0.385. The van der Waals surface area contributed by atoms with E-state index in [1.54, 1.807) is 42.2 Å². The Morgan fingerprint density at radius 1 is 1.14 bits per heavy atom. The Hall–Kier alpha value is -4.12. The van der Waals surface area contributed by atoms with Gasteiger partial charge in [-0.25, -0.2) is 0 Å². The lowest BCUT2D eigenvalue weighted by atomic mass is 10.1. The molecule has 0 radical (unpaired) electrons. The average molecular weight is 512 g/mol. The van der Waals surface area contributed by atoms with Gasteiger partial charge in [-0.2, -0.15) is 0 Å². The quantitative estimate of drug-likeness (QED) is 0.287. The van der Waals surface area contributed by atoms with E-state index in [1.165, 1.54) is 27.4 Å². The second-order valence-electron chi connectivity index (χ2n) is 8.68. The van der Waals surface area contributed by atoms with Gasteiger partial charge in [0.25, 0.3) is 11.6 Å². The highest BCUT2D eigenvalue weighted by Crippen LogP contribution is 2.41. The molecular formula is C26H29N3O8. The van der Waals surface area contributed by atoms with Crippen LogP contribution in [0.2, 0.25) is 0 Å². The van der Waals surface area contributed by atoms with Gasteiger partial charge in [0.15, 0.2) is 17.3 Å². The predicted octanol–water partition coefficient (Wildman–Crippen LogP) is 4.41. The summed E-state index contributed by atoms with van der Waals surface area (Å²) in [5, 5.41) is 15.6. The zero-order valence-corrected chi connectivity index (χ0v) is 21.2. The first kappa shape index (κ1) is 26.0. The van der Waals surface area contributed by atoms with Crippen LogP contribution in [0.5, 0.6) is 17.2 Å². The SMILES string of the molecule is COc1cc(-c2cc(CN(C[C@H]3CCCO3)C(=O)c3ccc(C)c([N+](=O)[O-])c3)no2)cc(OC)c1OC. The fourth-order valence-electron chi connectivity index (χ4n) is 4.32. The fourth-order valence-corrected chi connectivity index (χ4v) is 4.32. The molecule has 2 aromatic carbocycles. The summed E-state index contributed by atoms with van der Waals surface area (Å²) in [6.07, 6.45) is 1.62. The molecule has 0 N–H and O–H groups in total. The van der Waals surface area contributed by atoms with Gasteiger partial charge in [-0.15, -0.1) is 0 Å². The molecule has 11 nitrogen and oxygen atoms in total. The molecule has 0 spiro atoms. The molecule has 11 heteroatoms. The molecule has 2 heterocycles. The largest absolute Gasteiger partial charge is 0.493 e. The standard InChI is InChI=1S/C26H29N3O8/c1-16-7-8-17(10-21(16)29(31)32)26(30)28(15-20-6-5-9-36-20)14-19-13-22(37-27-19)18-11-23(33-2)25(35-4)24(12-18)34-3/h7-8,10-13,20H,5-6,9,14-15H2,1-4H3/t20-/m1/s1. The van der Waals surface area contributed by atoms with E-state index in [9.17, 15) is 14.9 Å². The number of carbonyl (C=O) groups is 1. The minimum absolute atomic E-state index is 0.103. The summed E-state index contributed by atoms with van der Waals surface area (Å²) in [5.41, 5.74) is 1.77. The third-order valence-electron chi connectivity index (χ3n) is 6.25. The van der Waals surface area contributed by atoms with Crippen LogP contribution in [0.1, 0.15) is 34.5 Å². The van der Waals surface area contributed by atoms with Crippen molar-refractivity contribution in [3.63, 3.8) is 0 Å². The third-order valence-corrected chi connectivity index (χ3v) is 6.25. The molecule has 1 aliphatic heterocycles. The van der Waals surface area contributed by atoms with Crippen LogP contribution in [0.4, 0.5) is 5.69 Å². The number of ether oxygens (including phenoxy) is 4. The molecular weight excluding hydrogens is 482 g/mol. The summed E-state index contributed by atoms with van der Waals surface area (Å²) >= 11 is 0. The van der Waals surface area contributed by atoms with Crippen molar-refractivity contribution in [3.8, 4) is 28.6 Å². The molecule has 1 aliphatic rings. The van der Waals surface area contributed by atoms with Gasteiger partial charge >= 0.3 is 0 Å². The highest BCUT2D eigenvalue weighted by molar-refractivity contribution is 5.95. The van der Waals surface area contributed by atoms with Crippen molar-refractivity contribution >= 4 is 11.6 Å². The van der Waals surface area contributed by atoms with Crippen LogP contribution in [-0.2, 0) is 11.3 Å². The van der Waals surface area contributed by atoms with Gasteiger partial charge in [0.05, 0.1) is 38.9 Å². The topological polar surface area (TPSA) is 126 Å². The van der Waals surface area contributed by atoms with Crippen molar-refractivity contribution in [1.29, 1.82) is 0 Å². The van der Waals surface area contributed by atoms with E-state index in [0.717, 1.165) is 12.8 Å². The summed E-state index contributed by atoms with van der Waals surface area (Å²) in [5.74, 6) is 1.48. The maximum atomic E-state index is 13.5. The maximum Gasteiger partial charge on any atom is 0.273 e. The van der Waals surface area contributed by atoms with Crippen LogP contribution in [0.15, 0.2) is 40.9 Å². The lowest BCUT2D eigenvalue weighted by Gasteiger charge is -2.24. The van der Waals surface area contributed by atoms with E-state index >= 15 is 0 Å². The molecule has 0 aliphatic carbocycles. The average Bonchev–Trinajstić information content (AvgIpc) is 3.59. The Morgan fingerprint density at radius 2 is 1.86 bits per heavy atom. The number of carbonyl (C=O) groups excluding carboxylic acids is 1. The minimum Gasteiger partial charge on any atom is -0.493 e. The minimum atomic E-state index is -0.488. The number of nitro groups is 1. The first-order valence-corrected chi connectivity index (χ1v) is 11.8.